The summed E-state index contributed by atoms with van der Waals surface area (Å²) >= 11 is 1.92. The van der Waals surface area contributed by atoms with Crippen LogP contribution in [0.5, 0.6) is 0 Å². The van der Waals surface area contributed by atoms with Gasteiger partial charge in [0.1, 0.15) is 0 Å². The number of thioether (sulfide) groups is 1. The summed E-state index contributed by atoms with van der Waals surface area (Å²) in [6.45, 7) is 2.14. The van der Waals surface area contributed by atoms with Gasteiger partial charge in [-0.1, -0.05) is 54.1 Å². The molecule has 1 aliphatic rings. The first-order valence-corrected chi connectivity index (χ1v) is 10.8. The third kappa shape index (κ3) is 3.79. The Balaban J connectivity index is 1.53. The smallest absolute Gasteiger partial charge is 0.0769 e. The summed E-state index contributed by atoms with van der Waals surface area (Å²) < 4.78 is 2.12. The number of hydrogen-bond donors (Lipinski definition) is 0. The van der Waals surface area contributed by atoms with Crippen LogP contribution in [0.25, 0.3) is 5.69 Å². The molecule has 29 heavy (non-hydrogen) atoms. The van der Waals surface area contributed by atoms with Crippen LogP contribution in [0, 0.1) is 6.92 Å². The SMILES string of the molecule is Cc1ccc([C@@H]2CC(c3ccc(-n4cccc4)cc3)=Nc3ccccc3S2)cc1. The quantitative estimate of drug-likeness (QED) is 0.361. The van der Waals surface area contributed by atoms with Gasteiger partial charge in [0, 0.05) is 40.4 Å². The van der Waals surface area contributed by atoms with E-state index in [-0.39, 0.29) is 0 Å². The van der Waals surface area contributed by atoms with Crippen molar-refractivity contribution >= 4 is 23.2 Å². The molecule has 3 heteroatoms. The molecule has 0 aliphatic carbocycles. The summed E-state index contributed by atoms with van der Waals surface area (Å²) in [6.07, 6.45) is 5.04. The lowest BCUT2D eigenvalue weighted by molar-refractivity contribution is 1.01. The molecule has 142 valence electrons. The first kappa shape index (κ1) is 18.0. The second-order valence-corrected chi connectivity index (χ2v) is 8.63. The zero-order valence-electron chi connectivity index (χ0n) is 16.3. The zero-order valence-corrected chi connectivity index (χ0v) is 17.1. The van der Waals surface area contributed by atoms with Gasteiger partial charge >= 0.3 is 0 Å². The molecule has 0 saturated heterocycles. The van der Waals surface area contributed by atoms with Gasteiger partial charge in [0.05, 0.1) is 5.69 Å². The normalized spacial score (nSPS) is 16.0. The Morgan fingerprint density at radius 1 is 0.828 bits per heavy atom. The van der Waals surface area contributed by atoms with Gasteiger partial charge in [-0.3, -0.25) is 4.99 Å². The Kier molecular flexibility index (Phi) is 4.82. The van der Waals surface area contributed by atoms with Crippen LogP contribution in [0.1, 0.15) is 28.4 Å². The molecule has 4 aromatic rings. The molecule has 0 spiro atoms. The van der Waals surface area contributed by atoms with Crippen LogP contribution in [0.4, 0.5) is 5.69 Å². The monoisotopic (exact) mass is 394 g/mol. The van der Waals surface area contributed by atoms with Gasteiger partial charge in [-0.2, -0.15) is 0 Å². The summed E-state index contributed by atoms with van der Waals surface area (Å²) in [7, 11) is 0. The van der Waals surface area contributed by atoms with Gasteiger partial charge in [0.2, 0.25) is 0 Å². The van der Waals surface area contributed by atoms with E-state index in [0.29, 0.717) is 5.25 Å². The van der Waals surface area contributed by atoms with Gasteiger partial charge in [-0.15, -0.1) is 11.8 Å². The van der Waals surface area contributed by atoms with E-state index >= 15 is 0 Å². The lowest BCUT2D eigenvalue weighted by Gasteiger charge is -2.16. The number of nitrogens with zero attached hydrogens (tertiary/aromatic N) is 2. The predicted octanol–water partition coefficient (Wildman–Crippen LogP) is 7.14. The fraction of sp³-hybridized carbons (Fsp3) is 0.115. The standard InChI is InChI=1S/C26H22N2S/c1-19-8-10-21(11-9-19)26-18-24(27-23-6-2-3-7-25(23)29-26)20-12-14-22(15-13-20)28-16-4-5-17-28/h2-17,26H,18H2,1H3/t26-/m0/s1. The van der Waals surface area contributed by atoms with Crippen molar-refractivity contribution in [2.75, 3.05) is 0 Å². The van der Waals surface area contributed by atoms with E-state index in [4.69, 9.17) is 4.99 Å². The van der Waals surface area contributed by atoms with Gasteiger partial charge in [-0.05, 0) is 54.4 Å². The van der Waals surface area contributed by atoms with Gasteiger partial charge < -0.3 is 4.57 Å². The molecule has 2 nitrogen and oxygen atoms in total. The first-order valence-electron chi connectivity index (χ1n) is 9.90. The highest BCUT2D eigenvalue weighted by Gasteiger charge is 2.22. The van der Waals surface area contributed by atoms with Crippen LogP contribution < -0.4 is 0 Å². The highest BCUT2D eigenvalue weighted by atomic mass is 32.2. The maximum Gasteiger partial charge on any atom is 0.0769 e. The molecule has 0 unspecified atom stereocenters. The highest BCUT2D eigenvalue weighted by Crippen LogP contribution is 2.45. The van der Waals surface area contributed by atoms with Gasteiger partial charge in [-0.25, -0.2) is 0 Å². The minimum absolute atomic E-state index is 0.349. The Bertz CT molecular complexity index is 1140. The molecular formula is C26H22N2S. The van der Waals surface area contributed by atoms with Crippen molar-refractivity contribution in [3.05, 3.63) is 114 Å². The van der Waals surface area contributed by atoms with Crippen LogP contribution >= 0.6 is 11.8 Å². The van der Waals surface area contributed by atoms with E-state index in [1.54, 1.807) is 0 Å². The van der Waals surface area contributed by atoms with Crippen molar-refractivity contribution in [2.45, 2.75) is 23.5 Å². The van der Waals surface area contributed by atoms with E-state index in [9.17, 15) is 0 Å². The maximum absolute atomic E-state index is 5.08. The van der Waals surface area contributed by atoms with Crippen molar-refractivity contribution in [1.29, 1.82) is 0 Å². The van der Waals surface area contributed by atoms with Crippen LogP contribution in [0.2, 0.25) is 0 Å². The molecular weight excluding hydrogens is 372 g/mol. The highest BCUT2D eigenvalue weighted by molar-refractivity contribution is 7.99. The van der Waals surface area contributed by atoms with Crippen LogP contribution in [-0.4, -0.2) is 10.3 Å². The molecule has 0 saturated carbocycles. The molecule has 0 fully saturated rings. The number of hydrogen-bond acceptors (Lipinski definition) is 2. The Morgan fingerprint density at radius 2 is 1.55 bits per heavy atom. The lowest BCUT2D eigenvalue weighted by Crippen LogP contribution is -2.06. The molecule has 0 N–H and O–H groups in total. The topological polar surface area (TPSA) is 17.3 Å². The first-order chi connectivity index (χ1) is 14.3. The molecule has 1 atom stereocenters. The molecule has 3 aromatic carbocycles. The lowest BCUT2D eigenvalue weighted by atomic mass is 10.0. The van der Waals surface area contributed by atoms with Gasteiger partial charge in [0.15, 0.2) is 0 Å². The number of para-hydroxylation sites is 1. The summed E-state index contributed by atoms with van der Waals surface area (Å²) in [5.74, 6) is 0. The fourth-order valence-corrected chi connectivity index (χ4v) is 4.93. The maximum atomic E-state index is 5.08. The van der Waals surface area contributed by atoms with E-state index in [0.717, 1.165) is 23.5 Å². The van der Waals surface area contributed by atoms with E-state index in [1.807, 2.05) is 23.9 Å². The number of fused-ring (bicyclic) bond motifs is 1. The fourth-order valence-electron chi connectivity index (χ4n) is 3.69. The largest absolute Gasteiger partial charge is 0.324 e. The summed E-state index contributed by atoms with van der Waals surface area (Å²) in [5, 5.41) is 0.349. The third-order valence-corrected chi connectivity index (χ3v) is 6.64. The predicted molar refractivity (Wildman–Crippen MR) is 123 cm³/mol. The van der Waals surface area contributed by atoms with Crippen LogP contribution in [0.3, 0.4) is 0 Å². The molecule has 1 aromatic heterocycles. The Hall–Kier alpha value is -3.04. The number of rotatable bonds is 3. The minimum Gasteiger partial charge on any atom is -0.324 e. The van der Waals surface area contributed by atoms with Gasteiger partial charge in [0.25, 0.3) is 0 Å². The van der Waals surface area contributed by atoms with Crippen molar-refractivity contribution in [3.8, 4) is 5.69 Å². The van der Waals surface area contributed by atoms with E-state index in [1.165, 1.54) is 21.6 Å². The molecule has 1 aliphatic heterocycles. The van der Waals surface area contributed by atoms with Crippen molar-refractivity contribution < 1.29 is 0 Å². The van der Waals surface area contributed by atoms with Crippen molar-refractivity contribution in [1.82, 2.24) is 4.57 Å². The summed E-state index contributed by atoms with van der Waals surface area (Å²) in [4.78, 5) is 6.33. The average Bonchev–Trinajstić information content (AvgIpc) is 3.22. The average molecular weight is 395 g/mol. The van der Waals surface area contributed by atoms with Crippen LogP contribution in [0.15, 0.2) is 107 Å². The minimum atomic E-state index is 0.349. The Labute approximate surface area is 175 Å². The van der Waals surface area contributed by atoms with Crippen molar-refractivity contribution in [2.24, 2.45) is 4.99 Å². The molecule has 2 heterocycles. The number of aryl methyl sites for hydroxylation is 1. The van der Waals surface area contributed by atoms with E-state index in [2.05, 4.69) is 96.7 Å². The van der Waals surface area contributed by atoms with Crippen molar-refractivity contribution in [3.63, 3.8) is 0 Å². The molecule has 0 radical (unpaired) electrons. The van der Waals surface area contributed by atoms with E-state index < -0.39 is 0 Å². The Morgan fingerprint density at radius 3 is 2.31 bits per heavy atom. The number of aromatic nitrogens is 1. The molecule has 0 bridgehead atoms. The number of benzene rings is 3. The molecule has 5 rings (SSSR count). The second-order valence-electron chi connectivity index (χ2n) is 7.38. The summed E-state index contributed by atoms with van der Waals surface area (Å²) in [6, 6.07) is 30.2. The molecule has 0 amide bonds. The number of aliphatic imine (C=N–C) groups is 1. The zero-order chi connectivity index (χ0) is 19.6. The van der Waals surface area contributed by atoms with Crippen LogP contribution in [-0.2, 0) is 0 Å². The second kappa shape index (κ2) is 7.76. The third-order valence-electron chi connectivity index (χ3n) is 5.32. The summed E-state index contributed by atoms with van der Waals surface area (Å²) in [5.41, 5.74) is 7.22.